The summed E-state index contributed by atoms with van der Waals surface area (Å²) < 4.78 is 0. The molecule has 1 fully saturated rings. The molecular weight excluding hydrogens is 290 g/mol. The molecule has 1 amide bonds. The summed E-state index contributed by atoms with van der Waals surface area (Å²) in [6.45, 7) is 2.05. The maximum Gasteiger partial charge on any atom is 0.283 e. The van der Waals surface area contributed by atoms with Crippen molar-refractivity contribution in [2.24, 2.45) is 11.7 Å². The number of rotatable bonds is 5. The van der Waals surface area contributed by atoms with Crippen molar-refractivity contribution in [3.05, 3.63) is 25.9 Å². The minimum atomic E-state index is -0.468. The van der Waals surface area contributed by atoms with Gasteiger partial charge >= 0.3 is 0 Å². The second-order valence-electron chi connectivity index (χ2n) is 4.46. The molecule has 19 heavy (non-hydrogen) atoms. The van der Waals surface area contributed by atoms with Gasteiger partial charge in [0.05, 0.1) is 14.7 Å². The molecule has 0 aliphatic heterocycles. The first-order valence-corrected chi connectivity index (χ1v) is 6.60. The Kier molecular flexibility index (Phi) is 5.28. The summed E-state index contributed by atoms with van der Waals surface area (Å²) in [4.78, 5) is 23.1. The molecule has 1 aliphatic carbocycles. The third kappa shape index (κ3) is 3.65. The number of thiophene rings is 1. The molecule has 3 N–H and O–H groups in total. The van der Waals surface area contributed by atoms with Gasteiger partial charge in [-0.15, -0.1) is 23.7 Å². The number of amides is 1. The van der Waals surface area contributed by atoms with Crippen LogP contribution in [0.5, 0.6) is 0 Å². The number of nitrogens with zero attached hydrogens (tertiary/aromatic N) is 1. The van der Waals surface area contributed by atoms with Crippen molar-refractivity contribution in [1.82, 2.24) is 5.32 Å². The highest BCUT2D eigenvalue weighted by molar-refractivity contribution is 7.14. The van der Waals surface area contributed by atoms with Gasteiger partial charge in [-0.2, -0.15) is 0 Å². The standard InChI is InChI=1S/C11H15N3O3S.ClH/c1-6-9(14(16)17)4-10(18-6)11(15)13-8(5-12)7-2-3-7;/h4,7-8H,2-3,5,12H2,1H3,(H,13,15);1H. The van der Waals surface area contributed by atoms with E-state index in [1.807, 2.05) is 0 Å². The van der Waals surface area contributed by atoms with Gasteiger partial charge in [-0.3, -0.25) is 14.9 Å². The lowest BCUT2D eigenvalue weighted by atomic mass is 10.2. The largest absolute Gasteiger partial charge is 0.347 e. The van der Waals surface area contributed by atoms with Gasteiger partial charge in [0.1, 0.15) is 0 Å². The number of halogens is 1. The molecule has 1 unspecified atom stereocenters. The maximum atomic E-state index is 12.0. The zero-order chi connectivity index (χ0) is 13.3. The molecule has 6 nitrogen and oxygen atoms in total. The number of nitrogens with one attached hydrogen (secondary N) is 1. The molecular formula is C11H16ClN3O3S. The Balaban J connectivity index is 0.00000180. The predicted molar refractivity (Wildman–Crippen MR) is 76.0 cm³/mol. The average Bonchev–Trinajstić information content (AvgIpc) is 3.08. The van der Waals surface area contributed by atoms with Crippen molar-refractivity contribution in [2.75, 3.05) is 6.54 Å². The molecule has 1 heterocycles. The highest BCUT2D eigenvalue weighted by Gasteiger charge is 2.32. The van der Waals surface area contributed by atoms with Gasteiger partial charge < -0.3 is 11.1 Å². The Hall–Kier alpha value is -1.18. The molecule has 0 bridgehead atoms. The summed E-state index contributed by atoms with van der Waals surface area (Å²) in [7, 11) is 0. The molecule has 1 aromatic heterocycles. The molecule has 1 atom stereocenters. The normalized spacial score (nSPS) is 15.5. The molecule has 1 saturated carbocycles. The van der Waals surface area contributed by atoms with Crippen molar-refractivity contribution in [3.63, 3.8) is 0 Å². The van der Waals surface area contributed by atoms with E-state index in [1.54, 1.807) is 6.92 Å². The van der Waals surface area contributed by atoms with Crippen LogP contribution in [0.4, 0.5) is 5.69 Å². The third-order valence-electron chi connectivity index (χ3n) is 3.07. The minimum Gasteiger partial charge on any atom is -0.347 e. The van der Waals surface area contributed by atoms with E-state index in [-0.39, 0.29) is 30.0 Å². The van der Waals surface area contributed by atoms with Gasteiger partial charge in [0.2, 0.25) is 0 Å². The van der Waals surface area contributed by atoms with Gasteiger partial charge in [0.25, 0.3) is 11.6 Å². The maximum absolute atomic E-state index is 12.0. The van der Waals surface area contributed by atoms with E-state index in [0.717, 1.165) is 24.2 Å². The summed E-state index contributed by atoms with van der Waals surface area (Å²) in [6.07, 6.45) is 2.18. The van der Waals surface area contributed by atoms with Crippen molar-refractivity contribution >= 4 is 35.3 Å². The Morgan fingerprint density at radius 1 is 1.68 bits per heavy atom. The smallest absolute Gasteiger partial charge is 0.283 e. The van der Waals surface area contributed by atoms with Crippen LogP contribution in [-0.2, 0) is 0 Å². The van der Waals surface area contributed by atoms with Gasteiger partial charge in [0.15, 0.2) is 0 Å². The van der Waals surface area contributed by atoms with Crippen LogP contribution in [0, 0.1) is 23.0 Å². The quantitative estimate of drug-likeness (QED) is 0.640. The molecule has 0 spiro atoms. The molecule has 0 aromatic carbocycles. The van der Waals surface area contributed by atoms with Crippen LogP contribution >= 0.6 is 23.7 Å². The monoisotopic (exact) mass is 305 g/mol. The summed E-state index contributed by atoms with van der Waals surface area (Å²) in [6, 6.07) is 1.31. The van der Waals surface area contributed by atoms with E-state index in [9.17, 15) is 14.9 Å². The first-order valence-electron chi connectivity index (χ1n) is 5.78. The van der Waals surface area contributed by atoms with Crippen LogP contribution in [0.25, 0.3) is 0 Å². The van der Waals surface area contributed by atoms with Crippen molar-refractivity contribution in [3.8, 4) is 0 Å². The first-order chi connectivity index (χ1) is 8.52. The third-order valence-corrected chi connectivity index (χ3v) is 4.11. The lowest BCUT2D eigenvalue weighted by Gasteiger charge is -2.14. The Bertz CT molecular complexity index is 488. The SMILES string of the molecule is Cc1sc(C(=O)NC(CN)C2CC2)cc1[N+](=O)[O-].Cl. The Labute approximate surface area is 120 Å². The van der Waals surface area contributed by atoms with Crippen molar-refractivity contribution in [1.29, 1.82) is 0 Å². The zero-order valence-corrected chi connectivity index (χ0v) is 12.1. The van der Waals surface area contributed by atoms with Crippen LogP contribution in [-0.4, -0.2) is 23.4 Å². The van der Waals surface area contributed by atoms with E-state index in [1.165, 1.54) is 6.07 Å². The fourth-order valence-electron chi connectivity index (χ4n) is 1.87. The zero-order valence-electron chi connectivity index (χ0n) is 10.4. The number of hydrogen-bond donors (Lipinski definition) is 2. The minimum absolute atomic E-state index is 0. The highest BCUT2D eigenvalue weighted by Crippen LogP contribution is 2.33. The molecule has 1 aromatic rings. The molecule has 106 valence electrons. The average molecular weight is 306 g/mol. The van der Waals surface area contributed by atoms with E-state index < -0.39 is 4.92 Å². The lowest BCUT2D eigenvalue weighted by Crippen LogP contribution is -2.41. The van der Waals surface area contributed by atoms with E-state index in [2.05, 4.69) is 5.32 Å². The lowest BCUT2D eigenvalue weighted by molar-refractivity contribution is -0.385. The number of carbonyl (C=O) groups is 1. The predicted octanol–water partition coefficient (Wildman–Crippen LogP) is 1.85. The first kappa shape index (κ1) is 15.9. The molecule has 8 heteroatoms. The van der Waals surface area contributed by atoms with Crippen LogP contribution in [0.1, 0.15) is 27.4 Å². The number of aryl methyl sites for hydroxylation is 1. The fraction of sp³-hybridized carbons (Fsp3) is 0.545. The van der Waals surface area contributed by atoms with Gasteiger partial charge in [-0.1, -0.05) is 0 Å². The van der Waals surface area contributed by atoms with Crippen LogP contribution in [0.15, 0.2) is 6.07 Å². The van der Waals surface area contributed by atoms with Gasteiger partial charge in [-0.05, 0) is 25.7 Å². The van der Waals surface area contributed by atoms with E-state index in [0.29, 0.717) is 22.2 Å². The van der Waals surface area contributed by atoms with Crippen LogP contribution in [0.2, 0.25) is 0 Å². The number of nitrogens with two attached hydrogens (primary N) is 1. The Morgan fingerprint density at radius 3 is 2.74 bits per heavy atom. The molecule has 0 saturated heterocycles. The van der Waals surface area contributed by atoms with E-state index in [4.69, 9.17) is 5.73 Å². The summed E-state index contributed by atoms with van der Waals surface area (Å²) >= 11 is 1.14. The van der Waals surface area contributed by atoms with Crippen LogP contribution < -0.4 is 11.1 Å². The summed E-state index contributed by atoms with van der Waals surface area (Å²) in [5.41, 5.74) is 5.60. The molecule has 0 radical (unpaired) electrons. The topological polar surface area (TPSA) is 98.3 Å². The highest BCUT2D eigenvalue weighted by atomic mass is 35.5. The Morgan fingerprint density at radius 2 is 2.32 bits per heavy atom. The van der Waals surface area contributed by atoms with E-state index >= 15 is 0 Å². The number of hydrogen-bond acceptors (Lipinski definition) is 5. The van der Waals surface area contributed by atoms with Gasteiger partial charge in [0, 0.05) is 18.7 Å². The van der Waals surface area contributed by atoms with Gasteiger partial charge in [-0.25, -0.2) is 0 Å². The van der Waals surface area contributed by atoms with Crippen molar-refractivity contribution in [2.45, 2.75) is 25.8 Å². The summed E-state index contributed by atoms with van der Waals surface area (Å²) in [5.74, 6) is 0.202. The second kappa shape index (κ2) is 6.31. The fourth-order valence-corrected chi connectivity index (χ4v) is 2.76. The van der Waals surface area contributed by atoms with Crippen LogP contribution in [0.3, 0.4) is 0 Å². The second-order valence-corrected chi connectivity index (χ2v) is 5.72. The number of carbonyl (C=O) groups excluding carboxylic acids is 1. The summed E-state index contributed by atoms with van der Waals surface area (Å²) in [5, 5.41) is 13.6. The molecule has 1 aliphatic rings. The van der Waals surface area contributed by atoms with Crippen molar-refractivity contribution < 1.29 is 9.72 Å². The number of nitro groups is 1. The molecule has 2 rings (SSSR count).